The van der Waals surface area contributed by atoms with Crippen molar-refractivity contribution in [2.24, 2.45) is 5.92 Å². The van der Waals surface area contributed by atoms with Gasteiger partial charge in [0.05, 0.1) is 5.75 Å². The minimum Gasteiger partial charge on any atom is -0.353 e. The summed E-state index contributed by atoms with van der Waals surface area (Å²) < 4.78 is 1.92. The Kier molecular flexibility index (Phi) is 5.47. The number of carbonyl (C=O) groups is 1. The van der Waals surface area contributed by atoms with Gasteiger partial charge in [0.1, 0.15) is 6.33 Å². The third kappa shape index (κ3) is 4.38. The van der Waals surface area contributed by atoms with Gasteiger partial charge in [0.25, 0.3) is 0 Å². The molecular formula is C11H20N4OS. The largest absolute Gasteiger partial charge is 0.353 e. The van der Waals surface area contributed by atoms with Crippen molar-refractivity contribution in [3.8, 4) is 0 Å². The lowest BCUT2D eigenvalue weighted by Gasteiger charge is -2.17. The summed E-state index contributed by atoms with van der Waals surface area (Å²) in [6.07, 6.45) is 1.68. The summed E-state index contributed by atoms with van der Waals surface area (Å²) in [6, 6.07) is 0.201. The van der Waals surface area contributed by atoms with Crippen LogP contribution < -0.4 is 5.32 Å². The van der Waals surface area contributed by atoms with Gasteiger partial charge in [-0.15, -0.1) is 10.2 Å². The monoisotopic (exact) mass is 256 g/mol. The number of nitrogens with one attached hydrogen (secondary N) is 1. The molecule has 1 amide bonds. The van der Waals surface area contributed by atoms with Crippen LogP contribution in [-0.4, -0.2) is 32.5 Å². The van der Waals surface area contributed by atoms with E-state index in [4.69, 9.17) is 0 Å². The molecule has 1 N–H and O–H groups in total. The van der Waals surface area contributed by atoms with E-state index in [0.717, 1.165) is 11.7 Å². The number of amides is 1. The Balaban J connectivity index is 2.38. The predicted octanol–water partition coefficient (Wildman–Crippen LogP) is 1.55. The fraction of sp³-hybridized carbons (Fsp3) is 0.727. The molecule has 1 aromatic rings. The van der Waals surface area contributed by atoms with Crippen molar-refractivity contribution in [3.63, 3.8) is 0 Å². The molecule has 0 aliphatic carbocycles. The van der Waals surface area contributed by atoms with Crippen LogP contribution in [0.15, 0.2) is 11.5 Å². The number of thioether (sulfide) groups is 1. The predicted molar refractivity (Wildman–Crippen MR) is 68.9 cm³/mol. The molecule has 6 heteroatoms. The number of aryl methyl sites for hydroxylation is 1. The lowest BCUT2D eigenvalue weighted by molar-refractivity contribution is -0.119. The molecule has 1 rings (SSSR count). The molecule has 0 unspecified atom stereocenters. The number of carbonyl (C=O) groups excluding carboxylic acids is 1. The molecule has 0 saturated heterocycles. The van der Waals surface area contributed by atoms with E-state index in [0.29, 0.717) is 11.7 Å². The second-order valence-electron chi connectivity index (χ2n) is 4.29. The van der Waals surface area contributed by atoms with Crippen LogP contribution in [0.3, 0.4) is 0 Å². The van der Waals surface area contributed by atoms with E-state index in [2.05, 4.69) is 29.4 Å². The Morgan fingerprint density at radius 3 is 2.82 bits per heavy atom. The van der Waals surface area contributed by atoms with Crippen molar-refractivity contribution in [2.45, 2.75) is 45.4 Å². The van der Waals surface area contributed by atoms with Crippen LogP contribution in [0.1, 0.15) is 27.7 Å². The average molecular weight is 256 g/mol. The van der Waals surface area contributed by atoms with Gasteiger partial charge in [-0.25, -0.2) is 0 Å². The Labute approximate surface area is 106 Å². The molecule has 0 aromatic carbocycles. The maximum atomic E-state index is 11.7. The van der Waals surface area contributed by atoms with Gasteiger partial charge in [0.2, 0.25) is 5.91 Å². The van der Waals surface area contributed by atoms with E-state index < -0.39 is 0 Å². The van der Waals surface area contributed by atoms with Gasteiger partial charge >= 0.3 is 0 Å². The molecule has 0 aliphatic rings. The minimum absolute atomic E-state index is 0.0434. The number of hydrogen-bond acceptors (Lipinski definition) is 4. The maximum Gasteiger partial charge on any atom is 0.230 e. The standard InChI is InChI=1S/C11H20N4OS/c1-5-15-7-12-14-11(15)17-6-10(16)13-9(4)8(2)3/h7-9H,5-6H2,1-4H3,(H,13,16)/t9-/m0/s1. The minimum atomic E-state index is 0.0434. The van der Waals surface area contributed by atoms with E-state index in [1.807, 2.05) is 18.4 Å². The third-order valence-electron chi connectivity index (χ3n) is 2.64. The van der Waals surface area contributed by atoms with Crippen molar-refractivity contribution in [3.05, 3.63) is 6.33 Å². The molecule has 96 valence electrons. The average Bonchev–Trinajstić information content (AvgIpc) is 2.73. The van der Waals surface area contributed by atoms with Gasteiger partial charge in [-0.1, -0.05) is 25.6 Å². The first-order chi connectivity index (χ1) is 8.04. The maximum absolute atomic E-state index is 11.7. The molecule has 0 bridgehead atoms. The third-order valence-corrected chi connectivity index (χ3v) is 3.62. The van der Waals surface area contributed by atoms with E-state index >= 15 is 0 Å². The normalized spacial score (nSPS) is 12.8. The summed E-state index contributed by atoms with van der Waals surface area (Å²) in [5.74, 6) is 0.876. The second kappa shape index (κ2) is 6.64. The summed E-state index contributed by atoms with van der Waals surface area (Å²) in [6.45, 7) is 9.03. The zero-order valence-corrected chi connectivity index (χ0v) is 11.6. The van der Waals surface area contributed by atoms with Crippen LogP contribution in [0.2, 0.25) is 0 Å². The molecule has 1 heterocycles. The lowest BCUT2D eigenvalue weighted by atomic mass is 10.1. The molecule has 0 fully saturated rings. The summed E-state index contributed by atoms with van der Waals surface area (Å²) in [5.41, 5.74) is 0. The first-order valence-electron chi connectivity index (χ1n) is 5.84. The molecule has 1 atom stereocenters. The van der Waals surface area contributed by atoms with Crippen LogP contribution >= 0.6 is 11.8 Å². The summed E-state index contributed by atoms with van der Waals surface area (Å²) in [5, 5.41) is 11.5. The van der Waals surface area contributed by atoms with Gasteiger partial charge in [-0.05, 0) is 19.8 Å². The Morgan fingerprint density at radius 1 is 1.53 bits per heavy atom. The number of aromatic nitrogens is 3. The summed E-state index contributed by atoms with van der Waals surface area (Å²) in [4.78, 5) is 11.7. The molecule has 17 heavy (non-hydrogen) atoms. The lowest BCUT2D eigenvalue weighted by Crippen LogP contribution is -2.37. The Hall–Kier alpha value is -1.04. The number of rotatable bonds is 6. The van der Waals surface area contributed by atoms with E-state index in [-0.39, 0.29) is 11.9 Å². The van der Waals surface area contributed by atoms with Gasteiger partial charge in [-0.3, -0.25) is 4.79 Å². The highest BCUT2D eigenvalue weighted by Crippen LogP contribution is 2.14. The summed E-state index contributed by atoms with van der Waals surface area (Å²) >= 11 is 1.42. The van der Waals surface area contributed by atoms with Crippen molar-refractivity contribution < 1.29 is 4.79 Å². The highest BCUT2D eigenvalue weighted by atomic mass is 32.2. The van der Waals surface area contributed by atoms with E-state index in [9.17, 15) is 4.79 Å². The quantitative estimate of drug-likeness (QED) is 0.785. The molecule has 0 spiro atoms. The molecule has 0 radical (unpaired) electrons. The molecule has 5 nitrogen and oxygen atoms in total. The fourth-order valence-electron chi connectivity index (χ4n) is 1.17. The molecular weight excluding hydrogens is 236 g/mol. The first-order valence-corrected chi connectivity index (χ1v) is 6.83. The van der Waals surface area contributed by atoms with Gasteiger partial charge in [0.15, 0.2) is 5.16 Å². The fourth-order valence-corrected chi connectivity index (χ4v) is 1.96. The highest BCUT2D eigenvalue weighted by molar-refractivity contribution is 7.99. The topological polar surface area (TPSA) is 59.8 Å². The van der Waals surface area contributed by atoms with Crippen molar-refractivity contribution >= 4 is 17.7 Å². The van der Waals surface area contributed by atoms with Crippen LogP contribution in [0.5, 0.6) is 0 Å². The molecule has 0 saturated carbocycles. The molecule has 0 aliphatic heterocycles. The number of nitrogens with zero attached hydrogens (tertiary/aromatic N) is 3. The van der Waals surface area contributed by atoms with Crippen molar-refractivity contribution in [1.82, 2.24) is 20.1 Å². The van der Waals surface area contributed by atoms with Crippen LogP contribution in [0, 0.1) is 5.92 Å². The SMILES string of the molecule is CCn1cnnc1SCC(=O)N[C@@H](C)C(C)C. The van der Waals surface area contributed by atoms with Crippen molar-refractivity contribution in [2.75, 3.05) is 5.75 Å². The van der Waals surface area contributed by atoms with Gasteiger partial charge in [0, 0.05) is 12.6 Å². The van der Waals surface area contributed by atoms with Gasteiger partial charge in [-0.2, -0.15) is 0 Å². The van der Waals surface area contributed by atoms with Crippen LogP contribution in [0.25, 0.3) is 0 Å². The number of hydrogen-bond donors (Lipinski definition) is 1. The first kappa shape index (κ1) is 14.0. The van der Waals surface area contributed by atoms with E-state index in [1.165, 1.54) is 11.8 Å². The highest BCUT2D eigenvalue weighted by Gasteiger charge is 2.12. The van der Waals surface area contributed by atoms with Gasteiger partial charge < -0.3 is 9.88 Å². The van der Waals surface area contributed by atoms with E-state index in [1.54, 1.807) is 6.33 Å². The van der Waals surface area contributed by atoms with Crippen molar-refractivity contribution in [1.29, 1.82) is 0 Å². The second-order valence-corrected chi connectivity index (χ2v) is 5.23. The molecule has 1 aromatic heterocycles. The summed E-state index contributed by atoms with van der Waals surface area (Å²) in [7, 11) is 0. The Morgan fingerprint density at radius 2 is 2.24 bits per heavy atom. The smallest absolute Gasteiger partial charge is 0.230 e. The zero-order chi connectivity index (χ0) is 12.8. The Bertz CT molecular complexity index is 364. The zero-order valence-electron chi connectivity index (χ0n) is 10.8. The van der Waals surface area contributed by atoms with Crippen LogP contribution in [0.4, 0.5) is 0 Å². The van der Waals surface area contributed by atoms with Crippen LogP contribution in [-0.2, 0) is 11.3 Å².